The SMILES string of the molecule is Cn1cc(Nc2nccc(C3=CC4CCC(C3)N4C(=O)N3CCC(F)(F)C3)n2)cn1. The van der Waals surface area contributed by atoms with Crippen LogP contribution in [-0.4, -0.2) is 66.7 Å². The third kappa shape index (κ3) is 3.50. The summed E-state index contributed by atoms with van der Waals surface area (Å²) in [6, 6.07) is 1.53. The lowest BCUT2D eigenvalue weighted by atomic mass is 9.98. The first-order valence-electron chi connectivity index (χ1n) is 10.1. The number of aryl methyl sites for hydroxylation is 1. The Morgan fingerprint density at radius 2 is 2.20 bits per heavy atom. The van der Waals surface area contributed by atoms with Gasteiger partial charge in [0.25, 0.3) is 5.92 Å². The Labute approximate surface area is 172 Å². The summed E-state index contributed by atoms with van der Waals surface area (Å²) in [6.07, 6.45) is 9.41. The number of urea groups is 1. The molecule has 0 spiro atoms. The molecule has 10 heteroatoms. The molecule has 1 N–H and O–H groups in total. The number of alkyl halides is 2. The highest BCUT2D eigenvalue weighted by Crippen LogP contribution is 2.40. The molecule has 158 valence electrons. The Bertz CT molecular complexity index is 1000. The summed E-state index contributed by atoms with van der Waals surface area (Å²) >= 11 is 0. The third-order valence-corrected chi connectivity index (χ3v) is 6.00. The first-order chi connectivity index (χ1) is 14.4. The number of carbonyl (C=O) groups excluding carboxylic acids is 1. The van der Waals surface area contributed by atoms with Crippen molar-refractivity contribution in [1.29, 1.82) is 0 Å². The summed E-state index contributed by atoms with van der Waals surface area (Å²) in [5, 5.41) is 7.26. The van der Waals surface area contributed by atoms with E-state index in [1.165, 1.54) is 4.90 Å². The predicted molar refractivity (Wildman–Crippen MR) is 106 cm³/mol. The van der Waals surface area contributed by atoms with E-state index in [4.69, 9.17) is 0 Å². The van der Waals surface area contributed by atoms with Crippen LogP contribution in [0.15, 0.2) is 30.7 Å². The van der Waals surface area contributed by atoms with E-state index < -0.39 is 12.5 Å². The number of halogens is 2. The summed E-state index contributed by atoms with van der Waals surface area (Å²) in [5.41, 5.74) is 2.68. The molecule has 3 aliphatic heterocycles. The Kier molecular flexibility index (Phi) is 4.44. The van der Waals surface area contributed by atoms with Crippen LogP contribution in [-0.2, 0) is 7.05 Å². The van der Waals surface area contributed by atoms with Gasteiger partial charge in [-0.2, -0.15) is 5.10 Å². The van der Waals surface area contributed by atoms with Crippen molar-refractivity contribution in [2.24, 2.45) is 7.05 Å². The lowest BCUT2D eigenvalue weighted by molar-refractivity contribution is 0.0132. The Hall–Kier alpha value is -3.04. The van der Waals surface area contributed by atoms with E-state index in [1.807, 2.05) is 19.3 Å². The van der Waals surface area contributed by atoms with Crippen molar-refractivity contribution in [3.05, 3.63) is 36.4 Å². The van der Waals surface area contributed by atoms with Crippen LogP contribution in [0.3, 0.4) is 0 Å². The Morgan fingerprint density at radius 3 is 2.90 bits per heavy atom. The van der Waals surface area contributed by atoms with Gasteiger partial charge in [0.2, 0.25) is 5.95 Å². The molecule has 2 unspecified atom stereocenters. The number of nitrogens with zero attached hydrogens (tertiary/aromatic N) is 6. The van der Waals surface area contributed by atoms with Crippen molar-refractivity contribution in [2.75, 3.05) is 18.4 Å². The molecule has 2 amide bonds. The van der Waals surface area contributed by atoms with E-state index in [-0.39, 0.29) is 31.1 Å². The molecule has 2 saturated heterocycles. The van der Waals surface area contributed by atoms with E-state index in [1.54, 1.807) is 22.0 Å². The van der Waals surface area contributed by atoms with Gasteiger partial charge in [0.1, 0.15) is 0 Å². The first kappa shape index (κ1) is 19.0. The monoisotopic (exact) mass is 415 g/mol. The number of rotatable bonds is 3. The summed E-state index contributed by atoms with van der Waals surface area (Å²) in [7, 11) is 1.83. The number of aromatic nitrogens is 4. The minimum absolute atomic E-state index is 0.0152. The van der Waals surface area contributed by atoms with Gasteiger partial charge < -0.3 is 15.1 Å². The zero-order valence-electron chi connectivity index (χ0n) is 16.6. The summed E-state index contributed by atoms with van der Waals surface area (Å²) in [6.45, 7) is -0.360. The maximum absolute atomic E-state index is 13.6. The van der Waals surface area contributed by atoms with Crippen LogP contribution in [0, 0.1) is 0 Å². The van der Waals surface area contributed by atoms with Gasteiger partial charge in [-0.1, -0.05) is 6.08 Å². The van der Waals surface area contributed by atoms with Crippen molar-refractivity contribution >= 4 is 23.2 Å². The second kappa shape index (κ2) is 7.03. The van der Waals surface area contributed by atoms with Crippen LogP contribution in [0.4, 0.5) is 25.2 Å². The highest BCUT2D eigenvalue weighted by molar-refractivity contribution is 5.79. The standard InChI is InChI=1S/C20H23F2N7O/c1-27-11-14(10-24-27)25-18-23-6-4-17(26-18)13-8-15-2-3-16(9-13)29(15)19(30)28-7-5-20(21,22)12-28/h4,6,8,10-11,15-16H,2-3,5,7,9,12H2,1H3,(H,23,25,26). The molecule has 0 aromatic carbocycles. The number of amides is 2. The quantitative estimate of drug-likeness (QED) is 0.834. The van der Waals surface area contributed by atoms with Crippen molar-refractivity contribution < 1.29 is 13.6 Å². The highest BCUT2D eigenvalue weighted by Gasteiger charge is 2.46. The second-order valence-corrected chi connectivity index (χ2v) is 8.21. The van der Waals surface area contributed by atoms with E-state index in [2.05, 4.69) is 26.5 Å². The maximum atomic E-state index is 13.6. The molecule has 2 fully saturated rings. The molecule has 8 nitrogen and oxygen atoms in total. The molecular weight excluding hydrogens is 392 g/mol. The number of anilines is 2. The van der Waals surface area contributed by atoms with Gasteiger partial charge in [-0.25, -0.2) is 23.5 Å². The van der Waals surface area contributed by atoms with E-state index in [0.717, 1.165) is 29.8 Å². The van der Waals surface area contributed by atoms with Gasteiger partial charge >= 0.3 is 6.03 Å². The molecule has 5 heterocycles. The van der Waals surface area contributed by atoms with E-state index in [9.17, 15) is 13.6 Å². The fourth-order valence-corrected chi connectivity index (χ4v) is 4.59. The van der Waals surface area contributed by atoms with Crippen molar-refractivity contribution in [2.45, 2.75) is 43.7 Å². The highest BCUT2D eigenvalue weighted by atomic mass is 19.3. The number of hydrogen-bond acceptors (Lipinski definition) is 5. The zero-order valence-corrected chi connectivity index (χ0v) is 16.6. The maximum Gasteiger partial charge on any atom is 0.320 e. The fraction of sp³-hybridized carbons (Fsp3) is 0.500. The van der Waals surface area contributed by atoms with Crippen molar-refractivity contribution in [3.8, 4) is 0 Å². The number of carbonyl (C=O) groups is 1. The van der Waals surface area contributed by atoms with Gasteiger partial charge in [-0.15, -0.1) is 0 Å². The van der Waals surface area contributed by atoms with Crippen LogP contribution in [0.5, 0.6) is 0 Å². The number of fused-ring (bicyclic) bond motifs is 2. The van der Waals surface area contributed by atoms with Crippen molar-refractivity contribution in [3.63, 3.8) is 0 Å². The van der Waals surface area contributed by atoms with Crippen LogP contribution in [0.25, 0.3) is 5.57 Å². The average Bonchev–Trinajstić information content (AvgIpc) is 3.36. The predicted octanol–water partition coefficient (Wildman–Crippen LogP) is 3.03. The fourth-order valence-electron chi connectivity index (χ4n) is 4.59. The summed E-state index contributed by atoms with van der Waals surface area (Å²) in [4.78, 5) is 24.9. The molecule has 2 aromatic heterocycles. The van der Waals surface area contributed by atoms with E-state index >= 15 is 0 Å². The number of hydrogen-bond donors (Lipinski definition) is 1. The number of likely N-dealkylation sites (tertiary alicyclic amines) is 1. The molecule has 0 saturated carbocycles. The lowest BCUT2D eigenvalue weighted by Crippen LogP contribution is -2.49. The minimum atomic E-state index is -2.77. The molecule has 2 aromatic rings. The van der Waals surface area contributed by atoms with Gasteiger partial charge in [0.05, 0.1) is 30.2 Å². The van der Waals surface area contributed by atoms with Crippen molar-refractivity contribution in [1.82, 2.24) is 29.5 Å². The summed E-state index contributed by atoms with van der Waals surface area (Å²) in [5.74, 6) is -2.30. The molecule has 3 aliphatic rings. The second-order valence-electron chi connectivity index (χ2n) is 8.21. The molecule has 0 radical (unpaired) electrons. The molecular formula is C20H23F2N7O. The molecule has 2 bridgehead atoms. The lowest BCUT2D eigenvalue weighted by Gasteiger charge is -2.36. The minimum Gasteiger partial charge on any atom is -0.321 e. The van der Waals surface area contributed by atoms with Gasteiger partial charge in [0.15, 0.2) is 0 Å². The smallest absolute Gasteiger partial charge is 0.320 e. The summed E-state index contributed by atoms with van der Waals surface area (Å²) < 4.78 is 28.8. The van der Waals surface area contributed by atoms with Crippen LogP contribution in [0.1, 0.15) is 31.4 Å². The topological polar surface area (TPSA) is 79.2 Å². The molecule has 5 rings (SSSR count). The molecule has 30 heavy (non-hydrogen) atoms. The average molecular weight is 415 g/mol. The van der Waals surface area contributed by atoms with Crippen LogP contribution in [0.2, 0.25) is 0 Å². The third-order valence-electron chi connectivity index (χ3n) is 6.00. The first-order valence-corrected chi connectivity index (χ1v) is 10.1. The largest absolute Gasteiger partial charge is 0.321 e. The zero-order chi connectivity index (χ0) is 20.9. The number of nitrogens with one attached hydrogen (secondary N) is 1. The van der Waals surface area contributed by atoms with Gasteiger partial charge in [-0.05, 0) is 30.9 Å². The Balaban J connectivity index is 1.33. The van der Waals surface area contributed by atoms with E-state index in [0.29, 0.717) is 12.4 Å². The van der Waals surface area contributed by atoms with Gasteiger partial charge in [0, 0.05) is 38.4 Å². The van der Waals surface area contributed by atoms with Gasteiger partial charge in [-0.3, -0.25) is 4.68 Å². The normalized spacial score (nSPS) is 24.8. The molecule has 0 aliphatic carbocycles. The molecule has 2 atom stereocenters. The van der Waals surface area contributed by atoms with Crippen LogP contribution >= 0.6 is 0 Å². The van der Waals surface area contributed by atoms with Crippen LogP contribution < -0.4 is 5.32 Å². The Morgan fingerprint density at radius 1 is 1.33 bits per heavy atom.